The fourth-order valence-corrected chi connectivity index (χ4v) is 3.37. The van der Waals surface area contributed by atoms with Crippen molar-refractivity contribution in [3.8, 4) is 0 Å². The Morgan fingerprint density at radius 1 is 1.23 bits per heavy atom. The minimum atomic E-state index is 0.262. The number of likely N-dealkylation sites (tertiary alicyclic amines) is 1. The van der Waals surface area contributed by atoms with Gasteiger partial charge in [0, 0.05) is 19.0 Å². The van der Waals surface area contributed by atoms with Gasteiger partial charge in [0.05, 0.1) is 0 Å². The first kappa shape index (κ1) is 17.0. The van der Waals surface area contributed by atoms with Gasteiger partial charge in [-0.15, -0.1) is 0 Å². The second-order valence-corrected chi connectivity index (χ2v) is 7.16. The molecule has 2 N–H and O–H groups in total. The van der Waals surface area contributed by atoms with E-state index in [1.807, 2.05) is 4.90 Å². The van der Waals surface area contributed by atoms with Crippen LogP contribution in [0.15, 0.2) is 24.3 Å². The molecule has 0 spiro atoms. The van der Waals surface area contributed by atoms with E-state index in [9.17, 15) is 4.79 Å². The first-order valence-corrected chi connectivity index (χ1v) is 8.51. The third-order valence-electron chi connectivity index (χ3n) is 4.97. The molecule has 1 heterocycles. The van der Waals surface area contributed by atoms with Gasteiger partial charge in [-0.05, 0) is 48.8 Å². The van der Waals surface area contributed by atoms with E-state index in [4.69, 9.17) is 5.73 Å². The van der Waals surface area contributed by atoms with E-state index in [1.54, 1.807) is 0 Å². The van der Waals surface area contributed by atoms with E-state index in [1.165, 1.54) is 11.1 Å². The topological polar surface area (TPSA) is 46.3 Å². The first-order chi connectivity index (χ1) is 10.4. The van der Waals surface area contributed by atoms with Gasteiger partial charge in [0.15, 0.2) is 0 Å². The normalized spacial score (nSPS) is 23.1. The minimum Gasteiger partial charge on any atom is -0.340 e. The van der Waals surface area contributed by atoms with Gasteiger partial charge in [-0.2, -0.15) is 0 Å². The first-order valence-electron chi connectivity index (χ1n) is 8.51. The fourth-order valence-electron chi connectivity index (χ4n) is 3.37. The summed E-state index contributed by atoms with van der Waals surface area (Å²) < 4.78 is 0. The van der Waals surface area contributed by atoms with Crippen LogP contribution in [0.25, 0.3) is 0 Å². The summed E-state index contributed by atoms with van der Waals surface area (Å²) in [5.74, 6) is 1.55. The van der Waals surface area contributed by atoms with Crippen molar-refractivity contribution in [1.82, 2.24) is 4.90 Å². The second kappa shape index (κ2) is 7.28. The molecule has 22 heavy (non-hydrogen) atoms. The van der Waals surface area contributed by atoms with Gasteiger partial charge in [0.2, 0.25) is 5.91 Å². The number of carbonyl (C=O) groups excluding carboxylic acids is 1. The van der Waals surface area contributed by atoms with Gasteiger partial charge in [0.1, 0.15) is 0 Å². The Morgan fingerprint density at radius 3 is 2.32 bits per heavy atom. The summed E-state index contributed by atoms with van der Waals surface area (Å²) in [6.45, 7) is 10.2. The van der Waals surface area contributed by atoms with E-state index in [0.29, 0.717) is 30.8 Å². The maximum atomic E-state index is 12.6. The molecule has 1 fully saturated rings. The fraction of sp³-hybridized carbons (Fsp3) is 0.632. The molecule has 1 saturated heterocycles. The van der Waals surface area contributed by atoms with E-state index in [2.05, 4.69) is 52.0 Å². The smallest absolute Gasteiger partial charge is 0.223 e. The Kier molecular flexibility index (Phi) is 5.63. The van der Waals surface area contributed by atoms with Crippen LogP contribution >= 0.6 is 0 Å². The number of amides is 1. The molecule has 1 aliphatic rings. The average molecular weight is 302 g/mol. The Hall–Kier alpha value is -1.35. The summed E-state index contributed by atoms with van der Waals surface area (Å²) in [5, 5.41) is 0. The molecule has 3 atom stereocenters. The summed E-state index contributed by atoms with van der Waals surface area (Å²) >= 11 is 0. The lowest BCUT2D eigenvalue weighted by Crippen LogP contribution is -2.35. The molecule has 3 unspecified atom stereocenters. The average Bonchev–Trinajstić information content (AvgIpc) is 2.88. The monoisotopic (exact) mass is 302 g/mol. The Morgan fingerprint density at radius 2 is 1.82 bits per heavy atom. The van der Waals surface area contributed by atoms with Crippen molar-refractivity contribution in [3.63, 3.8) is 0 Å². The van der Waals surface area contributed by atoms with Gasteiger partial charge in [0.25, 0.3) is 0 Å². The van der Waals surface area contributed by atoms with Crippen LogP contribution in [0.1, 0.15) is 63.5 Å². The number of hydrogen-bond donors (Lipinski definition) is 1. The number of benzene rings is 1. The van der Waals surface area contributed by atoms with Gasteiger partial charge in [-0.25, -0.2) is 0 Å². The van der Waals surface area contributed by atoms with E-state index < -0.39 is 0 Å². The van der Waals surface area contributed by atoms with Crippen molar-refractivity contribution >= 4 is 5.91 Å². The Balaban J connectivity index is 1.96. The summed E-state index contributed by atoms with van der Waals surface area (Å²) in [6.07, 6.45) is 1.63. The Bertz CT molecular complexity index is 495. The van der Waals surface area contributed by atoms with Crippen molar-refractivity contribution in [1.29, 1.82) is 0 Å². The zero-order valence-corrected chi connectivity index (χ0v) is 14.4. The molecule has 0 saturated carbocycles. The van der Waals surface area contributed by atoms with Crippen LogP contribution in [0.4, 0.5) is 0 Å². The molecular formula is C19H30N2O. The van der Waals surface area contributed by atoms with E-state index in [-0.39, 0.29) is 11.8 Å². The summed E-state index contributed by atoms with van der Waals surface area (Å²) in [5.41, 5.74) is 8.35. The van der Waals surface area contributed by atoms with Crippen molar-refractivity contribution in [2.24, 2.45) is 11.7 Å². The SMILES string of the molecule is CC(C)c1ccc(C(C)CC(=O)N2CC(CN)CC2C)cc1. The number of carbonyl (C=O) groups is 1. The molecule has 3 heteroatoms. The van der Waals surface area contributed by atoms with Crippen LogP contribution in [-0.4, -0.2) is 29.9 Å². The van der Waals surface area contributed by atoms with Crippen LogP contribution in [0.2, 0.25) is 0 Å². The Labute approximate surface area is 134 Å². The lowest BCUT2D eigenvalue weighted by Gasteiger charge is -2.23. The molecule has 0 bridgehead atoms. The van der Waals surface area contributed by atoms with Gasteiger partial charge >= 0.3 is 0 Å². The summed E-state index contributed by atoms with van der Waals surface area (Å²) in [7, 11) is 0. The number of rotatable bonds is 5. The molecule has 0 radical (unpaired) electrons. The molecule has 1 amide bonds. The number of nitrogens with zero attached hydrogens (tertiary/aromatic N) is 1. The highest BCUT2D eigenvalue weighted by Crippen LogP contribution is 2.27. The van der Waals surface area contributed by atoms with Crippen molar-refractivity contribution in [2.45, 2.75) is 58.4 Å². The molecular weight excluding hydrogens is 272 g/mol. The molecule has 0 aromatic heterocycles. The minimum absolute atomic E-state index is 0.262. The number of nitrogens with two attached hydrogens (primary N) is 1. The molecule has 1 aromatic rings. The van der Waals surface area contributed by atoms with Gasteiger partial charge in [-0.3, -0.25) is 4.79 Å². The van der Waals surface area contributed by atoms with Crippen molar-refractivity contribution < 1.29 is 4.79 Å². The molecule has 1 aliphatic heterocycles. The van der Waals surface area contributed by atoms with Crippen LogP contribution in [0, 0.1) is 5.92 Å². The third kappa shape index (κ3) is 3.89. The number of hydrogen-bond acceptors (Lipinski definition) is 2. The molecule has 122 valence electrons. The van der Waals surface area contributed by atoms with Crippen LogP contribution in [-0.2, 0) is 4.79 Å². The van der Waals surface area contributed by atoms with Crippen molar-refractivity contribution in [3.05, 3.63) is 35.4 Å². The molecule has 3 nitrogen and oxygen atoms in total. The summed E-state index contributed by atoms with van der Waals surface area (Å²) in [6, 6.07) is 9.04. The standard InChI is InChI=1S/C19H30N2O/c1-13(2)17-5-7-18(8-6-17)14(3)9-19(22)21-12-16(11-20)10-15(21)4/h5-8,13-16H,9-12,20H2,1-4H3. The van der Waals surface area contributed by atoms with Crippen LogP contribution in [0.3, 0.4) is 0 Å². The van der Waals surface area contributed by atoms with Crippen LogP contribution in [0.5, 0.6) is 0 Å². The largest absolute Gasteiger partial charge is 0.340 e. The highest BCUT2D eigenvalue weighted by atomic mass is 16.2. The van der Waals surface area contributed by atoms with Crippen LogP contribution < -0.4 is 5.73 Å². The molecule has 0 aliphatic carbocycles. The lowest BCUT2D eigenvalue weighted by atomic mass is 9.94. The van der Waals surface area contributed by atoms with E-state index >= 15 is 0 Å². The second-order valence-electron chi connectivity index (χ2n) is 7.16. The van der Waals surface area contributed by atoms with Gasteiger partial charge in [-0.1, -0.05) is 45.0 Å². The maximum Gasteiger partial charge on any atom is 0.223 e. The zero-order chi connectivity index (χ0) is 16.3. The van der Waals surface area contributed by atoms with Gasteiger partial charge < -0.3 is 10.6 Å². The quantitative estimate of drug-likeness (QED) is 0.905. The summed E-state index contributed by atoms with van der Waals surface area (Å²) in [4.78, 5) is 14.6. The highest BCUT2D eigenvalue weighted by molar-refractivity contribution is 5.77. The zero-order valence-electron chi connectivity index (χ0n) is 14.4. The predicted octanol–water partition coefficient (Wildman–Crippen LogP) is 3.50. The highest BCUT2D eigenvalue weighted by Gasteiger charge is 2.31. The maximum absolute atomic E-state index is 12.6. The predicted molar refractivity (Wildman–Crippen MR) is 91.9 cm³/mol. The molecule has 1 aromatic carbocycles. The van der Waals surface area contributed by atoms with E-state index in [0.717, 1.165) is 13.0 Å². The van der Waals surface area contributed by atoms with Crippen molar-refractivity contribution in [2.75, 3.05) is 13.1 Å². The molecule has 2 rings (SSSR count). The third-order valence-corrected chi connectivity index (χ3v) is 4.97. The lowest BCUT2D eigenvalue weighted by molar-refractivity contribution is -0.132.